The summed E-state index contributed by atoms with van der Waals surface area (Å²) in [6, 6.07) is 7.84. The number of sulfonamides is 1. The van der Waals surface area contributed by atoms with Gasteiger partial charge in [-0.15, -0.1) is 0 Å². The maximum atomic E-state index is 12.3. The monoisotopic (exact) mass is 311 g/mol. The fraction of sp³-hybridized carbons (Fsp3) is 0.600. The average Bonchev–Trinajstić information content (AvgIpc) is 2.43. The third-order valence-corrected chi connectivity index (χ3v) is 5.56. The Kier molecular flexibility index (Phi) is 5.24. The smallest absolute Gasteiger partial charge is 0.242 e. The fourth-order valence-corrected chi connectivity index (χ4v) is 4.04. The molecule has 2 unspecified atom stereocenters. The summed E-state index contributed by atoms with van der Waals surface area (Å²) in [6.07, 6.45) is 3.47. The Morgan fingerprint density at radius 2 is 1.81 bits per heavy atom. The lowest BCUT2D eigenvalue weighted by Gasteiger charge is -2.39. The zero-order valence-corrected chi connectivity index (χ0v) is 13.8. The van der Waals surface area contributed by atoms with E-state index in [-0.39, 0.29) is 0 Å². The predicted molar refractivity (Wildman–Crippen MR) is 85.5 cm³/mol. The third-order valence-electron chi connectivity index (χ3n) is 3.95. The van der Waals surface area contributed by atoms with Gasteiger partial charge >= 0.3 is 0 Å². The van der Waals surface area contributed by atoms with Crippen LogP contribution in [0, 0.1) is 0 Å². The largest absolute Gasteiger partial charge is 0.317 e. The lowest BCUT2D eigenvalue weighted by atomic mass is 10.00. The third kappa shape index (κ3) is 3.75. The van der Waals surface area contributed by atoms with E-state index in [1.165, 1.54) is 6.42 Å². The average molecular weight is 311 g/mol. The molecule has 0 aromatic heterocycles. The van der Waals surface area contributed by atoms with Crippen molar-refractivity contribution in [3.63, 3.8) is 0 Å². The topological polar surface area (TPSA) is 61.4 Å². The van der Waals surface area contributed by atoms with Crippen molar-refractivity contribution >= 4 is 15.7 Å². The van der Waals surface area contributed by atoms with Gasteiger partial charge in [0, 0.05) is 18.6 Å². The maximum absolute atomic E-state index is 12.3. The Bertz CT molecular complexity index is 564. The molecule has 2 atom stereocenters. The number of nitrogens with one attached hydrogen (secondary N) is 2. The Morgan fingerprint density at radius 3 is 2.43 bits per heavy atom. The fourth-order valence-electron chi connectivity index (χ4n) is 2.84. The first-order valence-electron chi connectivity index (χ1n) is 7.59. The molecule has 1 fully saturated rings. The highest BCUT2D eigenvalue weighted by Crippen LogP contribution is 2.27. The zero-order chi connectivity index (χ0) is 15.5. The van der Waals surface area contributed by atoms with Crippen LogP contribution in [0.25, 0.3) is 0 Å². The number of hydrogen-bond donors (Lipinski definition) is 2. The molecular formula is C15H25N3O2S. The van der Waals surface area contributed by atoms with Gasteiger partial charge in [0.15, 0.2) is 0 Å². The number of hydrazine groups is 1. The van der Waals surface area contributed by atoms with E-state index in [2.05, 4.69) is 29.0 Å². The van der Waals surface area contributed by atoms with Crippen molar-refractivity contribution in [3.8, 4) is 0 Å². The molecule has 6 heteroatoms. The molecule has 1 aliphatic heterocycles. The summed E-state index contributed by atoms with van der Waals surface area (Å²) in [4.78, 5) is 0.303. The number of rotatable bonds is 5. The van der Waals surface area contributed by atoms with E-state index < -0.39 is 10.0 Å². The van der Waals surface area contributed by atoms with Crippen LogP contribution < -0.4 is 10.1 Å². The minimum atomic E-state index is -3.47. The number of anilines is 1. The normalized spacial score (nSPS) is 24.0. The molecule has 0 saturated carbocycles. The first-order chi connectivity index (χ1) is 9.95. The van der Waals surface area contributed by atoms with Gasteiger partial charge in [0.2, 0.25) is 10.0 Å². The van der Waals surface area contributed by atoms with Crippen LogP contribution in [0.5, 0.6) is 0 Å². The Morgan fingerprint density at radius 1 is 1.19 bits per heavy atom. The lowest BCUT2D eigenvalue weighted by molar-refractivity contribution is 0.135. The van der Waals surface area contributed by atoms with Crippen molar-refractivity contribution < 1.29 is 8.42 Å². The zero-order valence-electron chi connectivity index (χ0n) is 13.0. The Labute approximate surface area is 127 Å². The van der Waals surface area contributed by atoms with E-state index in [4.69, 9.17) is 0 Å². The van der Waals surface area contributed by atoms with Crippen LogP contribution in [-0.4, -0.2) is 32.1 Å². The van der Waals surface area contributed by atoms with Crippen molar-refractivity contribution in [3.05, 3.63) is 24.3 Å². The summed E-state index contributed by atoms with van der Waals surface area (Å²) in [5.41, 5.74) is 3.97. The molecule has 0 spiro atoms. The van der Waals surface area contributed by atoms with Gasteiger partial charge < -0.3 is 5.43 Å². The Hall–Kier alpha value is -1.11. The number of hydrogen-bond acceptors (Lipinski definition) is 4. The van der Waals surface area contributed by atoms with Crippen molar-refractivity contribution in [1.82, 2.24) is 9.73 Å². The summed E-state index contributed by atoms with van der Waals surface area (Å²) in [5, 5.41) is 2.17. The SMILES string of the molecule is CCNS(=O)(=O)c1ccccc1NN1C(C)CCCC1C. The molecule has 0 bridgehead atoms. The molecule has 2 rings (SSSR count). The maximum Gasteiger partial charge on any atom is 0.242 e. The highest BCUT2D eigenvalue weighted by Gasteiger charge is 2.26. The van der Waals surface area contributed by atoms with Crippen LogP contribution in [-0.2, 0) is 10.0 Å². The Balaban J connectivity index is 2.28. The highest BCUT2D eigenvalue weighted by molar-refractivity contribution is 7.89. The standard InChI is InChI=1S/C15H25N3O2S/c1-4-16-21(19,20)15-11-6-5-10-14(15)17-18-12(2)8-7-9-13(18)3/h5-6,10-13,16-17H,4,7-9H2,1-3H3. The highest BCUT2D eigenvalue weighted by atomic mass is 32.2. The quantitative estimate of drug-likeness (QED) is 0.877. The second kappa shape index (κ2) is 6.77. The van der Waals surface area contributed by atoms with Crippen molar-refractivity contribution in [2.45, 2.75) is 57.0 Å². The van der Waals surface area contributed by atoms with Crippen molar-refractivity contribution in [2.24, 2.45) is 0 Å². The van der Waals surface area contributed by atoms with Crippen LogP contribution in [0.2, 0.25) is 0 Å². The first-order valence-corrected chi connectivity index (χ1v) is 9.07. The second-order valence-corrected chi connectivity index (χ2v) is 7.38. The molecule has 5 nitrogen and oxygen atoms in total. The summed E-state index contributed by atoms with van der Waals surface area (Å²) >= 11 is 0. The molecule has 0 aliphatic carbocycles. The molecular weight excluding hydrogens is 286 g/mol. The van der Waals surface area contributed by atoms with E-state index in [1.54, 1.807) is 19.1 Å². The summed E-state index contributed by atoms with van der Waals surface area (Å²) in [5.74, 6) is 0. The number of benzene rings is 1. The van der Waals surface area contributed by atoms with Gasteiger partial charge in [-0.25, -0.2) is 18.1 Å². The predicted octanol–water partition coefficient (Wildman–Crippen LogP) is 2.57. The molecule has 2 N–H and O–H groups in total. The molecule has 1 heterocycles. The molecule has 0 amide bonds. The van der Waals surface area contributed by atoms with Gasteiger partial charge in [0.25, 0.3) is 0 Å². The van der Waals surface area contributed by atoms with E-state index in [1.807, 2.05) is 12.1 Å². The van der Waals surface area contributed by atoms with Gasteiger partial charge in [0.1, 0.15) is 4.90 Å². The molecule has 1 saturated heterocycles. The van der Waals surface area contributed by atoms with Gasteiger partial charge in [-0.3, -0.25) is 0 Å². The minimum absolute atomic E-state index is 0.303. The lowest BCUT2D eigenvalue weighted by Crippen LogP contribution is -2.47. The van der Waals surface area contributed by atoms with Gasteiger partial charge in [-0.05, 0) is 38.8 Å². The van der Waals surface area contributed by atoms with E-state index in [9.17, 15) is 8.42 Å². The van der Waals surface area contributed by atoms with Gasteiger partial charge in [-0.1, -0.05) is 25.5 Å². The van der Waals surface area contributed by atoms with Crippen LogP contribution in [0.15, 0.2) is 29.2 Å². The molecule has 1 aliphatic rings. The van der Waals surface area contributed by atoms with Crippen molar-refractivity contribution in [1.29, 1.82) is 0 Å². The molecule has 118 valence electrons. The van der Waals surface area contributed by atoms with Crippen LogP contribution >= 0.6 is 0 Å². The summed E-state index contributed by atoms with van der Waals surface area (Å²) < 4.78 is 27.1. The van der Waals surface area contributed by atoms with E-state index in [0.717, 1.165) is 12.8 Å². The van der Waals surface area contributed by atoms with E-state index in [0.29, 0.717) is 29.2 Å². The molecule has 1 aromatic carbocycles. The molecule has 1 aromatic rings. The summed E-state index contributed by atoms with van der Waals surface area (Å²) in [6.45, 7) is 6.50. The number of para-hydroxylation sites is 1. The molecule has 21 heavy (non-hydrogen) atoms. The summed E-state index contributed by atoms with van der Waals surface area (Å²) in [7, 11) is -3.47. The molecule has 0 radical (unpaired) electrons. The minimum Gasteiger partial charge on any atom is -0.317 e. The van der Waals surface area contributed by atoms with Gasteiger partial charge in [-0.2, -0.15) is 0 Å². The van der Waals surface area contributed by atoms with Gasteiger partial charge in [0.05, 0.1) is 5.69 Å². The first kappa shape index (κ1) is 16.3. The van der Waals surface area contributed by atoms with Crippen LogP contribution in [0.3, 0.4) is 0 Å². The van der Waals surface area contributed by atoms with Crippen LogP contribution in [0.4, 0.5) is 5.69 Å². The number of piperidine rings is 1. The van der Waals surface area contributed by atoms with Crippen LogP contribution in [0.1, 0.15) is 40.0 Å². The second-order valence-electron chi connectivity index (χ2n) is 5.65. The van der Waals surface area contributed by atoms with E-state index >= 15 is 0 Å². The number of nitrogens with zero attached hydrogens (tertiary/aromatic N) is 1. The van der Waals surface area contributed by atoms with Crippen molar-refractivity contribution in [2.75, 3.05) is 12.0 Å².